The van der Waals surface area contributed by atoms with E-state index in [9.17, 15) is 4.79 Å². The molecule has 3 N–H and O–H groups in total. The monoisotopic (exact) mass is 243 g/mol. The van der Waals surface area contributed by atoms with Crippen LogP contribution in [-0.4, -0.2) is 17.2 Å². The van der Waals surface area contributed by atoms with Crippen LogP contribution in [0.2, 0.25) is 5.02 Å². The van der Waals surface area contributed by atoms with E-state index in [2.05, 4.69) is 0 Å². The quantitative estimate of drug-likeness (QED) is 0.851. The molecule has 0 fully saturated rings. The molecule has 1 unspecified atom stereocenters. The Labute approximate surface area is 99.0 Å². The Kier molecular flexibility index (Phi) is 4.15. The first-order valence-electron chi connectivity index (χ1n) is 4.86. The standard InChI is InChI=1S/C11H14ClNO3/c1-6(2)16-9-4-3-7(5-8(9)12)10(13)11(14)15/h3-6,10H,13H2,1-2H3,(H,14,15). The smallest absolute Gasteiger partial charge is 0.325 e. The fraction of sp³-hybridized carbons (Fsp3) is 0.364. The second-order valence-electron chi connectivity index (χ2n) is 3.67. The molecule has 0 spiro atoms. The number of halogens is 1. The average molecular weight is 244 g/mol. The fourth-order valence-corrected chi connectivity index (χ4v) is 1.44. The molecule has 0 aliphatic heterocycles. The lowest BCUT2D eigenvalue weighted by atomic mass is 10.1. The van der Waals surface area contributed by atoms with Crippen molar-refractivity contribution >= 4 is 17.6 Å². The van der Waals surface area contributed by atoms with Crippen molar-refractivity contribution in [3.05, 3.63) is 28.8 Å². The van der Waals surface area contributed by atoms with E-state index in [1.54, 1.807) is 12.1 Å². The first-order chi connectivity index (χ1) is 7.41. The zero-order valence-electron chi connectivity index (χ0n) is 9.11. The van der Waals surface area contributed by atoms with E-state index >= 15 is 0 Å². The minimum atomic E-state index is -1.09. The minimum Gasteiger partial charge on any atom is -0.489 e. The molecule has 0 bridgehead atoms. The number of hydrogen-bond donors (Lipinski definition) is 2. The first kappa shape index (κ1) is 12.8. The largest absolute Gasteiger partial charge is 0.489 e. The van der Waals surface area contributed by atoms with E-state index in [4.69, 9.17) is 27.2 Å². The van der Waals surface area contributed by atoms with Crippen LogP contribution < -0.4 is 10.5 Å². The Bertz CT molecular complexity index is 393. The highest BCUT2D eigenvalue weighted by Crippen LogP contribution is 2.28. The zero-order chi connectivity index (χ0) is 12.3. The molecule has 0 amide bonds. The average Bonchev–Trinajstić information content (AvgIpc) is 2.19. The first-order valence-corrected chi connectivity index (χ1v) is 5.24. The molecule has 1 aromatic carbocycles. The number of rotatable bonds is 4. The number of ether oxygens (including phenoxy) is 1. The van der Waals surface area contributed by atoms with Gasteiger partial charge in [0.2, 0.25) is 0 Å². The summed E-state index contributed by atoms with van der Waals surface area (Å²) in [4.78, 5) is 10.7. The molecular formula is C11H14ClNO3. The van der Waals surface area contributed by atoms with Gasteiger partial charge >= 0.3 is 5.97 Å². The van der Waals surface area contributed by atoms with Crippen molar-refractivity contribution in [2.45, 2.75) is 26.0 Å². The lowest BCUT2D eigenvalue weighted by Gasteiger charge is -2.13. The van der Waals surface area contributed by atoms with Gasteiger partial charge in [0, 0.05) is 0 Å². The summed E-state index contributed by atoms with van der Waals surface area (Å²) in [5.74, 6) is -0.563. The second-order valence-corrected chi connectivity index (χ2v) is 4.08. The zero-order valence-corrected chi connectivity index (χ0v) is 9.86. The van der Waals surface area contributed by atoms with Gasteiger partial charge in [-0.25, -0.2) is 0 Å². The predicted molar refractivity (Wildman–Crippen MR) is 61.8 cm³/mol. The maximum absolute atomic E-state index is 10.7. The molecule has 0 heterocycles. The normalized spacial score (nSPS) is 12.6. The van der Waals surface area contributed by atoms with Crippen molar-refractivity contribution in [2.75, 3.05) is 0 Å². The van der Waals surface area contributed by atoms with Gasteiger partial charge in [0.1, 0.15) is 11.8 Å². The number of carbonyl (C=O) groups is 1. The summed E-state index contributed by atoms with van der Waals surface area (Å²) in [6.45, 7) is 3.76. The fourth-order valence-electron chi connectivity index (χ4n) is 1.20. The Balaban J connectivity index is 2.95. The van der Waals surface area contributed by atoms with Gasteiger partial charge in [-0.3, -0.25) is 4.79 Å². The SMILES string of the molecule is CC(C)Oc1ccc(C(N)C(=O)O)cc1Cl. The van der Waals surface area contributed by atoms with E-state index in [-0.39, 0.29) is 6.10 Å². The van der Waals surface area contributed by atoms with Gasteiger partial charge in [0.25, 0.3) is 0 Å². The molecule has 0 aliphatic rings. The third kappa shape index (κ3) is 3.12. The highest BCUT2D eigenvalue weighted by atomic mass is 35.5. The van der Waals surface area contributed by atoms with Crippen molar-refractivity contribution in [3.63, 3.8) is 0 Å². The van der Waals surface area contributed by atoms with Crippen LogP contribution >= 0.6 is 11.6 Å². The van der Waals surface area contributed by atoms with Crippen LogP contribution in [-0.2, 0) is 4.79 Å². The Morgan fingerprint density at radius 3 is 2.56 bits per heavy atom. The topological polar surface area (TPSA) is 72.5 Å². The molecule has 1 rings (SSSR count). The molecule has 5 heteroatoms. The number of aliphatic carboxylic acids is 1. The Hall–Kier alpha value is -1.26. The van der Waals surface area contributed by atoms with E-state index in [0.717, 1.165) is 0 Å². The highest BCUT2D eigenvalue weighted by molar-refractivity contribution is 6.32. The Morgan fingerprint density at radius 2 is 2.12 bits per heavy atom. The van der Waals surface area contributed by atoms with E-state index in [0.29, 0.717) is 16.3 Å². The van der Waals surface area contributed by atoms with Crippen molar-refractivity contribution in [1.82, 2.24) is 0 Å². The summed E-state index contributed by atoms with van der Waals surface area (Å²) in [7, 11) is 0. The van der Waals surface area contributed by atoms with Gasteiger partial charge in [-0.05, 0) is 31.5 Å². The molecule has 1 aromatic rings. The minimum absolute atomic E-state index is 0.0106. The molecule has 1 atom stereocenters. The molecule has 0 aliphatic carbocycles. The van der Waals surface area contributed by atoms with Gasteiger partial charge in [-0.15, -0.1) is 0 Å². The molecule has 0 aromatic heterocycles. The van der Waals surface area contributed by atoms with Crippen molar-refractivity contribution in [2.24, 2.45) is 5.73 Å². The number of hydrogen-bond acceptors (Lipinski definition) is 3. The van der Waals surface area contributed by atoms with Gasteiger partial charge in [-0.1, -0.05) is 17.7 Å². The number of nitrogens with two attached hydrogens (primary N) is 1. The van der Waals surface area contributed by atoms with Gasteiger partial charge < -0.3 is 15.6 Å². The van der Waals surface area contributed by atoms with Crippen LogP contribution in [0.15, 0.2) is 18.2 Å². The molecule has 88 valence electrons. The predicted octanol–water partition coefficient (Wildman–Crippen LogP) is 2.21. The molecule has 16 heavy (non-hydrogen) atoms. The number of carboxylic acid groups (broad SMARTS) is 1. The van der Waals surface area contributed by atoms with Gasteiger partial charge in [0.15, 0.2) is 0 Å². The molecule has 4 nitrogen and oxygen atoms in total. The lowest BCUT2D eigenvalue weighted by molar-refractivity contribution is -0.138. The van der Waals surface area contributed by atoms with Crippen LogP contribution in [0.3, 0.4) is 0 Å². The maximum Gasteiger partial charge on any atom is 0.325 e. The molecular weight excluding hydrogens is 230 g/mol. The summed E-state index contributed by atoms with van der Waals surface area (Å²) in [5, 5.41) is 9.11. The third-order valence-corrected chi connectivity index (χ3v) is 2.24. The summed E-state index contributed by atoms with van der Waals surface area (Å²) in [6, 6.07) is 3.67. The summed E-state index contributed by atoms with van der Waals surface area (Å²) in [5.41, 5.74) is 5.91. The van der Waals surface area contributed by atoms with Crippen LogP contribution in [0, 0.1) is 0 Å². The van der Waals surface area contributed by atoms with Gasteiger partial charge in [-0.2, -0.15) is 0 Å². The molecule has 0 radical (unpaired) electrons. The summed E-state index contributed by atoms with van der Waals surface area (Å²) in [6.07, 6.45) is 0.0106. The van der Waals surface area contributed by atoms with E-state index < -0.39 is 12.0 Å². The second kappa shape index (κ2) is 5.18. The van der Waals surface area contributed by atoms with Crippen LogP contribution in [0.5, 0.6) is 5.75 Å². The number of carboxylic acids is 1. The van der Waals surface area contributed by atoms with Crippen LogP contribution in [0.4, 0.5) is 0 Å². The molecule has 0 saturated heterocycles. The van der Waals surface area contributed by atoms with E-state index in [1.807, 2.05) is 13.8 Å². The lowest BCUT2D eigenvalue weighted by Crippen LogP contribution is -2.20. The van der Waals surface area contributed by atoms with Crippen molar-refractivity contribution in [1.29, 1.82) is 0 Å². The van der Waals surface area contributed by atoms with Crippen molar-refractivity contribution < 1.29 is 14.6 Å². The Morgan fingerprint density at radius 1 is 1.50 bits per heavy atom. The summed E-state index contributed by atoms with van der Waals surface area (Å²) >= 11 is 5.95. The third-order valence-electron chi connectivity index (χ3n) is 1.94. The maximum atomic E-state index is 10.7. The number of benzene rings is 1. The van der Waals surface area contributed by atoms with Gasteiger partial charge in [0.05, 0.1) is 11.1 Å². The van der Waals surface area contributed by atoms with E-state index in [1.165, 1.54) is 6.07 Å². The highest BCUT2D eigenvalue weighted by Gasteiger charge is 2.15. The molecule has 0 saturated carbocycles. The van der Waals surface area contributed by atoms with Crippen molar-refractivity contribution in [3.8, 4) is 5.75 Å². The van der Waals surface area contributed by atoms with Crippen LogP contribution in [0.1, 0.15) is 25.5 Å². The van der Waals surface area contributed by atoms with Crippen LogP contribution in [0.25, 0.3) is 0 Å². The summed E-state index contributed by atoms with van der Waals surface area (Å²) < 4.78 is 5.42.